The van der Waals surface area contributed by atoms with E-state index in [2.05, 4.69) is 26.0 Å². The number of amides is 1. The molecule has 0 saturated carbocycles. The summed E-state index contributed by atoms with van der Waals surface area (Å²) in [7, 11) is -3.74. The molecule has 1 aliphatic rings. The Morgan fingerprint density at radius 3 is 2.46 bits per heavy atom. The summed E-state index contributed by atoms with van der Waals surface area (Å²) in [5.74, 6) is 0.633. The quantitative estimate of drug-likeness (QED) is 0.719. The number of hydrogen-bond donors (Lipinski definition) is 2. The van der Waals surface area contributed by atoms with E-state index in [4.69, 9.17) is 9.47 Å². The highest BCUT2D eigenvalue weighted by Gasteiger charge is 2.19. The molecule has 0 aliphatic carbocycles. The first-order valence-corrected chi connectivity index (χ1v) is 10.2. The molecule has 0 atom stereocenters. The SMILES string of the molecule is O=C(CCNS(=O)(=O)c1ccc2c(c1)OCCO2)Nc1ccc(Br)cc1. The monoisotopic (exact) mass is 440 g/mol. The minimum atomic E-state index is -3.74. The molecule has 1 heterocycles. The molecule has 0 radical (unpaired) electrons. The first kappa shape index (κ1) is 18.7. The summed E-state index contributed by atoms with van der Waals surface area (Å²) in [6.07, 6.45) is 0.0137. The highest BCUT2D eigenvalue weighted by Crippen LogP contribution is 2.32. The fraction of sp³-hybridized carbons (Fsp3) is 0.235. The van der Waals surface area contributed by atoms with Crippen molar-refractivity contribution in [2.45, 2.75) is 11.3 Å². The second-order valence-corrected chi connectivity index (χ2v) is 8.19. The zero-order valence-corrected chi connectivity index (χ0v) is 16.1. The van der Waals surface area contributed by atoms with Crippen LogP contribution in [0.2, 0.25) is 0 Å². The number of carbonyl (C=O) groups is 1. The molecule has 1 aliphatic heterocycles. The van der Waals surface area contributed by atoms with Crippen molar-refractivity contribution < 1.29 is 22.7 Å². The number of carbonyl (C=O) groups excluding carboxylic acids is 1. The molecular weight excluding hydrogens is 424 g/mol. The summed E-state index contributed by atoms with van der Waals surface area (Å²) >= 11 is 3.31. The molecule has 2 aromatic rings. The van der Waals surface area contributed by atoms with Crippen molar-refractivity contribution in [3.63, 3.8) is 0 Å². The van der Waals surface area contributed by atoms with Crippen LogP contribution in [0.4, 0.5) is 5.69 Å². The number of nitrogens with one attached hydrogen (secondary N) is 2. The molecule has 0 saturated heterocycles. The number of anilines is 1. The van der Waals surface area contributed by atoms with Gasteiger partial charge in [-0.05, 0) is 36.4 Å². The third kappa shape index (κ3) is 4.75. The molecule has 138 valence electrons. The van der Waals surface area contributed by atoms with Crippen molar-refractivity contribution in [1.29, 1.82) is 0 Å². The van der Waals surface area contributed by atoms with Crippen molar-refractivity contribution in [2.75, 3.05) is 25.1 Å². The lowest BCUT2D eigenvalue weighted by Gasteiger charge is -2.18. The standard InChI is InChI=1S/C17H17BrN2O5S/c18-12-1-3-13(4-2-12)20-17(21)7-8-19-26(22,23)14-5-6-15-16(11-14)25-10-9-24-15/h1-6,11,19H,7-10H2,(H,20,21). The normalized spacial score (nSPS) is 13.3. The van der Waals surface area contributed by atoms with Crippen LogP contribution in [0.1, 0.15) is 6.42 Å². The molecule has 0 spiro atoms. The smallest absolute Gasteiger partial charge is 0.240 e. The van der Waals surface area contributed by atoms with Gasteiger partial charge >= 0.3 is 0 Å². The molecule has 9 heteroatoms. The number of benzene rings is 2. The van der Waals surface area contributed by atoms with E-state index in [-0.39, 0.29) is 23.8 Å². The lowest BCUT2D eigenvalue weighted by molar-refractivity contribution is -0.116. The maximum Gasteiger partial charge on any atom is 0.240 e. The minimum Gasteiger partial charge on any atom is -0.486 e. The van der Waals surface area contributed by atoms with Gasteiger partial charge < -0.3 is 14.8 Å². The van der Waals surface area contributed by atoms with Gasteiger partial charge in [0.05, 0.1) is 4.90 Å². The number of halogens is 1. The van der Waals surface area contributed by atoms with Gasteiger partial charge in [-0.3, -0.25) is 4.79 Å². The number of rotatable bonds is 6. The van der Waals surface area contributed by atoms with Gasteiger partial charge in [0.1, 0.15) is 13.2 Å². The van der Waals surface area contributed by atoms with Crippen molar-refractivity contribution in [3.05, 3.63) is 46.9 Å². The molecule has 0 fully saturated rings. The van der Waals surface area contributed by atoms with E-state index in [1.807, 2.05) is 0 Å². The van der Waals surface area contributed by atoms with Crippen LogP contribution < -0.4 is 19.5 Å². The number of fused-ring (bicyclic) bond motifs is 1. The zero-order valence-electron chi connectivity index (χ0n) is 13.7. The average molecular weight is 441 g/mol. The first-order chi connectivity index (χ1) is 12.4. The third-order valence-electron chi connectivity index (χ3n) is 3.60. The highest BCUT2D eigenvalue weighted by molar-refractivity contribution is 9.10. The second-order valence-electron chi connectivity index (χ2n) is 5.51. The summed E-state index contributed by atoms with van der Waals surface area (Å²) in [5, 5.41) is 2.70. The van der Waals surface area contributed by atoms with E-state index in [9.17, 15) is 13.2 Å². The Kier molecular flexibility index (Phi) is 5.80. The molecule has 2 N–H and O–H groups in total. The predicted molar refractivity (Wildman–Crippen MR) is 100 cm³/mol. The second kappa shape index (κ2) is 8.07. The molecule has 3 rings (SSSR count). The largest absolute Gasteiger partial charge is 0.486 e. The van der Waals surface area contributed by atoms with Crippen molar-refractivity contribution >= 4 is 37.5 Å². The summed E-state index contributed by atoms with van der Waals surface area (Å²) in [6, 6.07) is 11.5. The molecule has 1 amide bonds. The van der Waals surface area contributed by atoms with E-state index in [0.717, 1.165) is 4.47 Å². The maximum absolute atomic E-state index is 12.4. The van der Waals surface area contributed by atoms with Crippen molar-refractivity contribution in [2.24, 2.45) is 0 Å². The minimum absolute atomic E-state index is 0.0137. The Morgan fingerprint density at radius 2 is 1.73 bits per heavy atom. The number of sulfonamides is 1. The highest BCUT2D eigenvalue weighted by atomic mass is 79.9. The predicted octanol–water partition coefficient (Wildman–Crippen LogP) is 2.53. The first-order valence-electron chi connectivity index (χ1n) is 7.89. The Bertz CT molecular complexity index is 900. The van der Waals surface area contributed by atoms with Gasteiger partial charge in [0.15, 0.2) is 11.5 Å². The topological polar surface area (TPSA) is 93.7 Å². The average Bonchev–Trinajstić information content (AvgIpc) is 2.63. The molecule has 2 aromatic carbocycles. The number of hydrogen-bond acceptors (Lipinski definition) is 5. The van der Waals surface area contributed by atoms with Crippen LogP contribution in [0.5, 0.6) is 11.5 Å². The van der Waals surface area contributed by atoms with Crippen LogP contribution in [-0.2, 0) is 14.8 Å². The zero-order chi connectivity index (χ0) is 18.6. The van der Waals surface area contributed by atoms with Crippen LogP contribution in [0, 0.1) is 0 Å². The van der Waals surface area contributed by atoms with Gasteiger partial charge in [-0.25, -0.2) is 13.1 Å². The Labute approximate surface area is 159 Å². The molecule has 7 nitrogen and oxygen atoms in total. The van der Waals surface area contributed by atoms with E-state index in [0.29, 0.717) is 30.4 Å². The fourth-order valence-electron chi connectivity index (χ4n) is 2.33. The van der Waals surface area contributed by atoms with Gasteiger partial charge in [-0.2, -0.15) is 0 Å². The van der Waals surface area contributed by atoms with Gasteiger partial charge in [0, 0.05) is 29.2 Å². The molecule has 0 bridgehead atoms. The van der Waals surface area contributed by atoms with Crippen molar-refractivity contribution in [1.82, 2.24) is 4.72 Å². The lowest BCUT2D eigenvalue weighted by atomic mass is 10.3. The van der Waals surface area contributed by atoms with E-state index in [1.165, 1.54) is 12.1 Å². The maximum atomic E-state index is 12.4. The molecule has 0 unspecified atom stereocenters. The van der Waals surface area contributed by atoms with E-state index in [1.54, 1.807) is 30.3 Å². The van der Waals surface area contributed by atoms with Gasteiger partial charge in [0.2, 0.25) is 15.9 Å². The van der Waals surface area contributed by atoms with Gasteiger partial charge in [0.25, 0.3) is 0 Å². The van der Waals surface area contributed by atoms with Crippen LogP contribution in [0.25, 0.3) is 0 Å². The van der Waals surface area contributed by atoms with Crippen molar-refractivity contribution in [3.8, 4) is 11.5 Å². The summed E-state index contributed by atoms with van der Waals surface area (Å²) < 4.78 is 38.8. The summed E-state index contributed by atoms with van der Waals surface area (Å²) in [4.78, 5) is 12.0. The van der Waals surface area contributed by atoms with E-state index < -0.39 is 10.0 Å². The van der Waals surface area contributed by atoms with Gasteiger partial charge in [-0.15, -0.1) is 0 Å². The van der Waals surface area contributed by atoms with Crippen LogP contribution in [-0.4, -0.2) is 34.1 Å². The third-order valence-corrected chi connectivity index (χ3v) is 5.58. The summed E-state index contributed by atoms with van der Waals surface area (Å²) in [6.45, 7) is 0.796. The van der Waals surface area contributed by atoms with Crippen LogP contribution in [0.15, 0.2) is 51.8 Å². The number of ether oxygens (including phenoxy) is 2. The van der Waals surface area contributed by atoms with E-state index >= 15 is 0 Å². The molecule has 26 heavy (non-hydrogen) atoms. The fourth-order valence-corrected chi connectivity index (χ4v) is 3.64. The molecular formula is C17H17BrN2O5S. The Hall–Kier alpha value is -2.10. The lowest BCUT2D eigenvalue weighted by Crippen LogP contribution is -2.28. The summed E-state index contributed by atoms with van der Waals surface area (Å²) in [5.41, 5.74) is 0.646. The Morgan fingerprint density at radius 1 is 1.04 bits per heavy atom. The van der Waals surface area contributed by atoms with Crippen LogP contribution >= 0.6 is 15.9 Å². The molecule has 0 aromatic heterocycles. The Balaban J connectivity index is 1.55. The van der Waals surface area contributed by atoms with Gasteiger partial charge in [-0.1, -0.05) is 15.9 Å². The van der Waals surface area contributed by atoms with Crippen LogP contribution in [0.3, 0.4) is 0 Å².